The van der Waals surface area contributed by atoms with Crippen LogP contribution in [-0.4, -0.2) is 5.91 Å². The van der Waals surface area contributed by atoms with Gasteiger partial charge in [-0.25, -0.2) is 4.39 Å². The normalized spacial score (nSPS) is 10.9. The average Bonchev–Trinajstić information content (AvgIpc) is 2.85. The number of carbonyl (C=O) groups excluding carboxylic acids is 1. The minimum atomic E-state index is -0.308. The summed E-state index contributed by atoms with van der Waals surface area (Å²) in [6.07, 6.45) is 0. The van der Waals surface area contributed by atoms with Crippen molar-refractivity contribution in [1.82, 2.24) is 5.32 Å². The molecule has 2 aromatic carbocycles. The van der Waals surface area contributed by atoms with Crippen LogP contribution in [0.15, 0.2) is 42.5 Å². The molecule has 1 amide bonds. The number of thiophene rings is 1. The van der Waals surface area contributed by atoms with Gasteiger partial charge < -0.3 is 5.32 Å². The third-order valence-electron chi connectivity index (χ3n) is 3.18. The van der Waals surface area contributed by atoms with Crippen LogP contribution in [0, 0.1) is 5.82 Å². The van der Waals surface area contributed by atoms with Crippen molar-refractivity contribution < 1.29 is 9.18 Å². The number of benzene rings is 2. The van der Waals surface area contributed by atoms with Gasteiger partial charge in [0.25, 0.3) is 5.91 Å². The zero-order chi connectivity index (χ0) is 15.7. The lowest BCUT2D eigenvalue weighted by Crippen LogP contribution is -2.22. The lowest BCUT2D eigenvalue weighted by atomic mass is 10.2. The molecule has 3 rings (SSSR count). The predicted molar refractivity (Wildman–Crippen MR) is 89.4 cm³/mol. The summed E-state index contributed by atoms with van der Waals surface area (Å²) < 4.78 is 13.7. The second kappa shape index (κ2) is 6.24. The molecule has 112 valence electrons. The van der Waals surface area contributed by atoms with Crippen molar-refractivity contribution >= 4 is 50.5 Å². The van der Waals surface area contributed by atoms with Crippen molar-refractivity contribution in [3.05, 3.63) is 68.8 Å². The largest absolute Gasteiger partial charge is 0.347 e. The Bertz CT molecular complexity index is 845. The molecule has 22 heavy (non-hydrogen) atoms. The third kappa shape index (κ3) is 2.95. The molecule has 0 atom stereocenters. The molecule has 0 spiro atoms. The van der Waals surface area contributed by atoms with Crippen LogP contribution in [-0.2, 0) is 6.54 Å². The highest BCUT2D eigenvalue weighted by molar-refractivity contribution is 7.21. The maximum Gasteiger partial charge on any atom is 0.263 e. The van der Waals surface area contributed by atoms with Crippen LogP contribution in [0.4, 0.5) is 4.39 Å². The number of fused-ring (bicyclic) bond motifs is 1. The second-order valence-corrected chi connectivity index (χ2v) is 6.50. The summed E-state index contributed by atoms with van der Waals surface area (Å²) in [6, 6.07) is 11.4. The molecule has 0 aliphatic heterocycles. The number of hydrogen-bond acceptors (Lipinski definition) is 2. The van der Waals surface area contributed by atoms with Gasteiger partial charge in [-0.2, -0.15) is 0 Å². The minimum absolute atomic E-state index is 0.272. The van der Waals surface area contributed by atoms with Gasteiger partial charge in [0.05, 0.1) is 10.0 Å². The van der Waals surface area contributed by atoms with E-state index in [0.29, 0.717) is 26.9 Å². The van der Waals surface area contributed by atoms with E-state index < -0.39 is 0 Å². The maximum absolute atomic E-state index is 12.8. The molecule has 0 bridgehead atoms. The third-order valence-corrected chi connectivity index (χ3v) is 5.14. The Balaban J connectivity index is 1.82. The highest BCUT2D eigenvalue weighted by Crippen LogP contribution is 2.39. The molecular weight excluding hydrogens is 344 g/mol. The van der Waals surface area contributed by atoms with E-state index in [1.807, 2.05) is 12.1 Å². The topological polar surface area (TPSA) is 29.1 Å². The van der Waals surface area contributed by atoms with E-state index in [-0.39, 0.29) is 11.7 Å². The first-order chi connectivity index (χ1) is 10.6. The van der Waals surface area contributed by atoms with E-state index in [4.69, 9.17) is 23.2 Å². The Morgan fingerprint density at radius 3 is 2.55 bits per heavy atom. The SMILES string of the molecule is O=C(NCc1ccc(F)cc1)c1sc2cccc(Cl)c2c1Cl. The van der Waals surface area contributed by atoms with Crippen LogP contribution in [0.25, 0.3) is 10.1 Å². The van der Waals surface area contributed by atoms with Crippen LogP contribution in [0.2, 0.25) is 10.0 Å². The van der Waals surface area contributed by atoms with E-state index in [1.165, 1.54) is 23.5 Å². The van der Waals surface area contributed by atoms with E-state index in [1.54, 1.807) is 18.2 Å². The van der Waals surface area contributed by atoms with Gasteiger partial charge in [-0.05, 0) is 29.8 Å². The number of rotatable bonds is 3. The molecular formula is C16H10Cl2FNOS. The Hall–Kier alpha value is -1.62. The van der Waals surface area contributed by atoms with E-state index >= 15 is 0 Å². The number of halogens is 3. The smallest absolute Gasteiger partial charge is 0.263 e. The first-order valence-electron chi connectivity index (χ1n) is 6.45. The van der Waals surface area contributed by atoms with Gasteiger partial charge in [-0.3, -0.25) is 4.79 Å². The number of amides is 1. The number of carbonyl (C=O) groups is 1. The Kier molecular flexibility index (Phi) is 4.34. The zero-order valence-corrected chi connectivity index (χ0v) is 13.5. The fourth-order valence-electron chi connectivity index (χ4n) is 2.08. The fraction of sp³-hybridized carbons (Fsp3) is 0.0625. The van der Waals surface area contributed by atoms with Crippen LogP contribution < -0.4 is 5.32 Å². The summed E-state index contributed by atoms with van der Waals surface area (Å²) in [5.74, 6) is -0.580. The Morgan fingerprint density at radius 1 is 1.14 bits per heavy atom. The van der Waals surface area contributed by atoms with E-state index in [0.717, 1.165) is 10.3 Å². The molecule has 0 saturated carbocycles. The Labute approximate surface area is 140 Å². The van der Waals surface area contributed by atoms with Gasteiger partial charge in [0.2, 0.25) is 0 Å². The van der Waals surface area contributed by atoms with Crippen molar-refractivity contribution in [3.8, 4) is 0 Å². The summed E-state index contributed by atoms with van der Waals surface area (Å²) in [5, 5.41) is 4.36. The van der Waals surface area contributed by atoms with Crippen LogP contribution in [0.5, 0.6) is 0 Å². The first-order valence-corrected chi connectivity index (χ1v) is 8.02. The molecule has 0 saturated heterocycles. The molecule has 0 aliphatic rings. The predicted octanol–water partition coefficient (Wildman–Crippen LogP) is 5.28. The van der Waals surface area contributed by atoms with Gasteiger partial charge in [0, 0.05) is 16.6 Å². The first kappa shape index (κ1) is 15.3. The van der Waals surface area contributed by atoms with Crippen LogP contribution in [0.1, 0.15) is 15.2 Å². The lowest BCUT2D eigenvalue weighted by molar-refractivity contribution is 0.0955. The number of nitrogens with one attached hydrogen (secondary N) is 1. The molecule has 0 unspecified atom stereocenters. The lowest BCUT2D eigenvalue weighted by Gasteiger charge is -2.04. The second-order valence-electron chi connectivity index (χ2n) is 4.67. The minimum Gasteiger partial charge on any atom is -0.347 e. The molecule has 0 fully saturated rings. The quantitative estimate of drug-likeness (QED) is 0.681. The fourth-order valence-corrected chi connectivity index (χ4v) is 3.95. The summed E-state index contributed by atoms with van der Waals surface area (Å²) in [4.78, 5) is 12.7. The zero-order valence-electron chi connectivity index (χ0n) is 11.2. The molecule has 1 N–H and O–H groups in total. The van der Waals surface area contributed by atoms with Gasteiger partial charge in [0.15, 0.2) is 0 Å². The molecule has 6 heteroatoms. The standard InChI is InChI=1S/C16H10Cl2FNOS/c17-11-2-1-3-12-13(11)14(18)15(22-12)16(21)20-8-9-4-6-10(19)7-5-9/h1-7H,8H2,(H,20,21). The summed E-state index contributed by atoms with van der Waals surface area (Å²) >= 11 is 13.7. The van der Waals surface area contributed by atoms with Crippen LogP contribution >= 0.6 is 34.5 Å². The molecule has 1 heterocycles. The van der Waals surface area contributed by atoms with Crippen molar-refractivity contribution in [3.63, 3.8) is 0 Å². The van der Waals surface area contributed by atoms with Gasteiger partial charge in [-0.1, -0.05) is 41.4 Å². The maximum atomic E-state index is 12.8. The molecule has 0 radical (unpaired) electrons. The highest BCUT2D eigenvalue weighted by atomic mass is 35.5. The van der Waals surface area contributed by atoms with Crippen LogP contribution in [0.3, 0.4) is 0 Å². The van der Waals surface area contributed by atoms with Gasteiger partial charge in [0.1, 0.15) is 10.7 Å². The number of hydrogen-bond donors (Lipinski definition) is 1. The highest BCUT2D eigenvalue weighted by Gasteiger charge is 2.18. The van der Waals surface area contributed by atoms with Crippen molar-refractivity contribution in [2.24, 2.45) is 0 Å². The molecule has 2 nitrogen and oxygen atoms in total. The van der Waals surface area contributed by atoms with Gasteiger partial charge >= 0.3 is 0 Å². The van der Waals surface area contributed by atoms with E-state index in [2.05, 4.69) is 5.32 Å². The van der Waals surface area contributed by atoms with Crippen molar-refractivity contribution in [2.75, 3.05) is 0 Å². The summed E-state index contributed by atoms with van der Waals surface area (Å²) in [6.45, 7) is 0.303. The Morgan fingerprint density at radius 2 is 1.86 bits per heavy atom. The molecule has 3 aromatic rings. The molecule has 0 aliphatic carbocycles. The summed E-state index contributed by atoms with van der Waals surface area (Å²) in [5.41, 5.74) is 0.810. The van der Waals surface area contributed by atoms with Crippen molar-refractivity contribution in [2.45, 2.75) is 6.54 Å². The molecule has 1 aromatic heterocycles. The van der Waals surface area contributed by atoms with Gasteiger partial charge in [-0.15, -0.1) is 11.3 Å². The van der Waals surface area contributed by atoms with Crippen molar-refractivity contribution in [1.29, 1.82) is 0 Å². The summed E-state index contributed by atoms with van der Waals surface area (Å²) in [7, 11) is 0. The average molecular weight is 354 g/mol. The monoisotopic (exact) mass is 353 g/mol. The van der Waals surface area contributed by atoms with E-state index in [9.17, 15) is 9.18 Å².